The molecule has 0 unspecified atom stereocenters. The van der Waals surface area contributed by atoms with Crippen molar-refractivity contribution >= 4 is 17.3 Å². The summed E-state index contributed by atoms with van der Waals surface area (Å²) in [6.07, 6.45) is 8.01. The Morgan fingerprint density at radius 1 is 1.41 bits per heavy atom. The van der Waals surface area contributed by atoms with Crippen molar-refractivity contribution in [3.05, 3.63) is 16.1 Å². The molecule has 1 fully saturated rings. The number of hydrogen-bond acceptors (Lipinski definition) is 4. The monoisotopic (exact) mass is 255 g/mol. The van der Waals surface area contributed by atoms with Crippen LogP contribution in [0.5, 0.6) is 0 Å². The van der Waals surface area contributed by atoms with Gasteiger partial charge in [-0.15, -0.1) is 11.3 Å². The number of carboxylic acid groups (broad SMARTS) is 1. The minimum Gasteiger partial charge on any atom is -0.477 e. The average molecular weight is 255 g/mol. The van der Waals surface area contributed by atoms with E-state index in [1.807, 2.05) is 0 Å². The predicted molar refractivity (Wildman–Crippen MR) is 65.5 cm³/mol. The van der Waals surface area contributed by atoms with Gasteiger partial charge in [-0.1, -0.05) is 25.7 Å². The quantitative estimate of drug-likeness (QED) is 0.843. The number of hydrogen-bond donors (Lipinski definition) is 1. The maximum absolute atomic E-state index is 10.9. The van der Waals surface area contributed by atoms with E-state index in [0.29, 0.717) is 4.88 Å². The number of thiazole rings is 1. The molecule has 2 rings (SSSR count). The van der Waals surface area contributed by atoms with Crippen LogP contribution < -0.4 is 0 Å². The van der Waals surface area contributed by atoms with E-state index in [-0.39, 0.29) is 5.60 Å². The molecule has 1 aromatic rings. The topological polar surface area (TPSA) is 59.4 Å². The molecule has 1 aliphatic carbocycles. The molecule has 0 spiro atoms. The first kappa shape index (κ1) is 12.5. The van der Waals surface area contributed by atoms with Crippen molar-refractivity contribution < 1.29 is 14.6 Å². The van der Waals surface area contributed by atoms with Crippen LogP contribution in [0.15, 0.2) is 6.20 Å². The second-order valence-corrected chi connectivity index (χ2v) is 5.48. The molecule has 0 aliphatic heterocycles. The lowest BCUT2D eigenvalue weighted by Gasteiger charge is -2.28. The summed E-state index contributed by atoms with van der Waals surface area (Å²) in [7, 11) is 1.70. The number of methoxy groups -OCH3 is 1. The molecule has 0 aromatic carbocycles. The van der Waals surface area contributed by atoms with Crippen LogP contribution in [0.2, 0.25) is 0 Å². The highest BCUT2D eigenvalue weighted by atomic mass is 32.1. The second-order valence-electron chi connectivity index (χ2n) is 4.45. The van der Waals surface area contributed by atoms with E-state index in [2.05, 4.69) is 4.98 Å². The summed E-state index contributed by atoms with van der Waals surface area (Å²) in [6, 6.07) is 0. The molecule has 1 aliphatic rings. The van der Waals surface area contributed by atoms with Crippen LogP contribution in [0.3, 0.4) is 0 Å². The van der Waals surface area contributed by atoms with E-state index in [1.54, 1.807) is 7.11 Å². The third kappa shape index (κ3) is 2.50. The fourth-order valence-corrected chi connectivity index (χ4v) is 3.37. The molecule has 0 atom stereocenters. The molecule has 0 radical (unpaired) electrons. The van der Waals surface area contributed by atoms with E-state index in [0.717, 1.165) is 30.7 Å². The fourth-order valence-electron chi connectivity index (χ4n) is 2.39. The lowest BCUT2D eigenvalue weighted by atomic mass is 9.95. The molecular formula is C12H17NO3S. The molecule has 17 heavy (non-hydrogen) atoms. The highest BCUT2D eigenvalue weighted by Gasteiger charge is 2.36. The highest BCUT2D eigenvalue weighted by Crippen LogP contribution is 2.40. The Kier molecular flexibility index (Phi) is 3.79. The minimum atomic E-state index is -0.909. The number of aromatic nitrogens is 1. The van der Waals surface area contributed by atoms with Gasteiger partial charge >= 0.3 is 5.97 Å². The summed E-state index contributed by atoms with van der Waals surface area (Å²) >= 11 is 1.24. The lowest BCUT2D eigenvalue weighted by Crippen LogP contribution is -2.27. The number of rotatable bonds is 3. The summed E-state index contributed by atoms with van der Waals surface area (Å²) in [5.41, 5.74) is -0.352. The minimum absolute atomic E-state index is 0.292. The van der Waals surface area contributed by atoms with Gasteiger partial charge in [0.25, 0.3) is 0 Å². The van der Waals surface area contributed by atoms with Crippen molar-refractivity contribution in [2.45, 2.75) is 44.1 Å². The number of aromatic carboxylic acids is 1. The molecule has 1 N–H and O–H groups in total. The van der Waals surface area contributed by atoms with Crippen LogP contribution >= 0.6 is 11.3 Å². The number of nitrogens with zero attached hydrogens (tertiary/aromatic N) is 1. The molecule has 1 saturated carbocycles. The number of carbonyl (C=O) groups is 1. The van der Waals surface area contributed by atoms with Crippen LogP contribution in [0.1, 0.15) is 53.2 Å². The number of carboxylic acids is 1. The first-order chi connectivity index (χ1) is 8.18. The van der Waals surface area contributed by atoms with Crippen molar-refractivity contribution in [1.29, 1.82) is 0 Å². The first-order valence-electron chi connectivity index (χ1n) is 5.93. The van der Waals surface area contributed by atoms with Crippen LogP contribution in [0.4, 0.5) is 0 Å². The lowest BCUT2D eigenvalue weighted by molar-refractivity contribution is -0.0279. The Morgan fingerprint density at radius 3 is 2.53 bits per heavy atom. The molecular weight excluding hydrogens is 238 g/mol. The van der Waals surface area contributed by atoms with Gasteiger partial charge in [-0.2, -0.15) is 0 Å². The van der Waals surface area contributed by atoms with Crippen LogP contribution in [0, 0.1) is 0 Å². The zero-order valence-corrected chi connectivity index (χ0v) is 10.8. The van der Waals surface area contributed by atoms with Crippen molar-refractivity contribution in [2.24, 2.45) is 0 Å². The van der Waals surface area contributed by atoms with Gasteiger partial charge in [0.2, 0.25) is 0 Å². The molecule has 0 bridgehead atoms. The molecule has 4 nitrogen and oxygen atoms in total. The van der Waals surface area contributed by atoms with Gasteiger partial charge in [0.1, 0.15) is 15.5 Å². The molecule has 94 valence electrons. The van der Waals surface area contributed by atoms with E-state index in [9.17, 15) is 4.79 Å². The van der Waals surface area contributed by atoms with Crippen LogP contribution in [0.25, 0.3) is 0 Å². The average Bonchev–Trinajstić information content (AvgIpc) is 2.70. The largest absolute Gasteiger partial charge is 0.477 e. The van der Waals surface area contributed by atoms with Crippen LogP contribution in [-0.4, -0.2) is 23.2 Å². The smallest absolute Gasteiger partial charge is 0.347 e. The van der Waals surface area contributed by atoms with Gasteiger partial charge in [-0.05, 0) is 12.8 Å². The maximum atomic E-state index is 10.9. The molecule has 1 heterocycles. The Morgan fingerprint density at radius 2 is 2.06 bits per heavy atom. The van der Waals surface area contributed by atoms with E-state index >= 15 is 0 Å². The zero-order valence-electron chi connectivity index (χ0n) is 9.94. The summed E-state index contributed by atoms with van der Waals surface area (Å²) in [5.74, 6) is -0.909. The summed E-state index contributed by atoms with van der Waals surface area (Å²) in [6.45, 7) is 0. The van der Waals surface area contributed by atoms with Crippen molar-refractivity contribution in [3.63, 3.8) is 0 Å². The predicted octanol–water partition coefficient (Wildman–Crippen LogP) is 3.04. The maximum Gasteiger partial charge on any atom is 0.347 e. The third-order valence-electron chi connectivity index (χ3n) is 3.41. The van der Waals surface area contributed by atoms with Gasteiger partial charge in [0.05, 0.1) is 6.20 Å². The first-order valence-corrected chi connectivity index (χ1v) is 6.74. The van der Waals surface area contributed by atoms with Crippen molar-refractivity contribution in [1.82, 2.24) is 4.98 Å². The molecule has 1 aromatic heterocycles. The standard InChI is InChI=1S/C12H17NO3S/c1-16-12(6-4-2-3-5-7-12)11-13-8-9(17-11)10(14)15/h8H,2-7H2,1H3,(H,14,15). The zero-order chi connectivity index (χ0) is 12.3. The number of ether oxygens (including phenoxy) is 1. The Hall–Kier alpha value is -0.940. The summed E-state index contributed by atoms with van der Waals surface area (Å²) < 4.78 is 5.69. The van der Waals surface area contributed by atoms with Gasteiger partial charge < -0.3 is 9.84 Å². The summed E-state index contributed by atoms with van der Waals surface area (Å²) in [5, 5.41) is 9.76. The van der Waals surface area contributed by atoms with Gasteiger partial charge in [0.15, 0.2) is 0 Å². The van der Waals surface area contributed by atoms with Crippen LogP contribution in [-0.2, 0) is 10.3 Å². The molecule has 5 heteroatoms. The Bertz CT molecular complexity index is 394. The van der Waals surface area contributed by atoms with E-state index in [1.165, 1.54) is 30.4 Å². The van der Waals surface area contributed by atoms with E-state index < -0.39 is 5.97 Å². The molecule has 0 amide bonds. The van der Waals surface area contributed by atoms with E-state index in [4.69, 9.17) is 9.84 Å². The Balaban J connectivity index is 2.28. The fraction of sp³-hybridized carbons (Fsp3) is 0.667. The summed E-state index contributed by atoms with van der Waals surface area (Å²) in [4.78, 5) is 15.4. The Labute approximate surface area is 105 Å². The SMILES string of the molecule is COC1(c2ncc(C(=O)O)s2)CCCCCC1. The highest BCUT2D eigenvalue weighted by molar-refractivity contribution is 7.13. The van der Waals surface area contributed by atoms with Crippen molar-refractivity contribution in [3.8, 4) is 0 Å². The van der Waals surface area contributed by atoms with Gasteiger partial charge in [0, 0.05) is 7.11 Å². The van der Waals surface area contributed by atoms with Gasteiger partial charge in [-0.3, -0.25) is 0 Å². The van der Waals surface area contributed by atoms with Crippen molar-refractivity contribution in [2.75, 3.05) is 7.11 Å². The normalized spacial score (nSPS) is 19.8. The second kappa shape index (κ2) is 5.14. The molecule has 0 saturated heterocycles. The third-order valence-corrected chi connectivity index (χ3v) is 4.58. The van der Waals surface area contributed by atoms with Gasteiger partial charge in [-0.25, -0.2) is 9.78 Å².